The molecule has 0 aliphatic rings. The molecule has 2 aromatic carbocycles. The number of para-hydroxylation sites is 1. The number of carbonyl (C=O) groups is 3. The van der Waals surface area contributed by atoms with E-state index in [4.69, 9.17) is 0 Å². The molecule has 2 rings (SSSR count). The van der Waals surface area contributed by atoms with E-state index in [1.54, 1.807) is 24.3 Å². The SMILES string of the molecule is CCCCCCCNC(=O)C(=O)Nc1ccccc1C(=O)NCc1ccccc1. The number of nitrogens with one attached hydrogen (secondary N) is 3. The first-order chi connectivity index (χ1) is 14.1. The molecule has 0 spiro atoms. The molecular formula is C23H29N3O3. The zero-order valence-corrected chi connectivity index (χ0v) is 16.9. The van der Waals surface area contributed by atoms with Crippen LogP contribution in [0, 0.1) is 0 Å². The second kappa shape index (κ2) is 12.3. The number of hydrogen-bond donors (Lipinski definition) is 3. The molecule has 0 aliphatic carbocycles. The Balaban J connectivity index is 1.86. The van der Waals surface area contributed by atoms with E-state index in [0.717, 1.165) is 31.2 Å². The fourth-order valence-electron chi connectivity index (χ4n) is 2.85. The molecule has 0 aromatic heterocycles. The maximum atomic E-state index is 12.5. The van der Waals surface area contributed by atoms with Crippen LogP contribution in [0.5, 0.6) is 0 Å². The fourth-order valence-corrected chi connectivity index (χ4v) is 2.85. The van der Waals surface area contributed by atoms with Gasteiger partial charge in [-0.25, -0.2) is 0 Å². The molecule has 0 saturated heterocycles. The largest absolute Gasteiger partial charge is 0.348 e. The van der Waals surface area contributed by atoms with Crippen LogP contribution in [0.3, 0.4) is 0 Å². The van der Waals surface area contributed by atoms with Gasteiger partial charge in [0.2, 0.25) is 0 Å². The Morgan fingerprint density at radius 3 is 2.21 bits per heavy atom. The second-order valence-electron chi connectivity index (χ2n) is 6.84. The zero-order valence-electron chi connectivity index (χ0n) is 16.9. The van der Waals surface area contributed by atoms with Crippen molar-refractivity contribution < 1.29 is 14.4 Å². The van der Waals surface area contributed by atoms with Crippen LogP contribution in [0.2, 0.25) is 0 Å². The summed E-state index contributed by atoms with van der Waals surface area (Å²) in [5.41, 5.74) is 1.59. The minimum atomic E-state index is -0.776. The molecule has 154 valence electrons. The average Bonchev–Trinajstić information content (AvgIpc) is 2.75. The summed E-state index contributed by atoms with van der Waals surface area (Å²) in [4.78, 5) is 36.7. The lowest BCUT2D eigenvalue weighted by atomic mass is 10.1. The van der Waals surface area contributed by atoms with Crippen molar-refractivity contribution in [2.45, 2.75) is 45.6 Å². The van der Waals surface area contributed by atoms with Crippen LogP contribution in [0.4, 0.5) is 5.69 Å². The average molecular weight is 396 g/mol. The lowest BCUT2D eigenvalue weighted by Gasteiger charge is -2.11. The summed E-state index contributed by atoms with van der Waals surface area (Å²) in [6.07, 6.45) is 5.34. The Hall–Kier alpha value is -3.15. The van der Waals surface area contributed by atoms with E-state index in [9.17, 15) is 14.4 Å². The molecule has 0 bridgehead atoms. The summed E-state index contributed by atoms with van der Waals surface area (Å²) in [6.45, 7) is 2.99. The highest BCUT2D eigenvalue weighted by atomic mass is 16.2. The fraction of sp³-hybridized carbons (Fsp3) is 0.348. The maximum Gasteiger partial charge on any atom is 0.313 e. The van der Waals surface area contributed by atoms with E-state index < -0.39 is 11.8 Å². The lowest BCUT2D eigenvalue weighted by Crippen LogP contribution is -2.36. The van der Waals surface area contributed by atoms with Gasteiger partial charge < -0.3 is 16.0 Å². The molecule has 3 N–H and O–H groups in total. The highest BCUT2D eigenvalue weighted by Gasteiger charge is 2.17. The minimum Gasteiger partial charge on any atom is -0.348 e. The third kappa shape index (κ3) is 7.78. The number of rotatable bonds is 10. The molecule has 0 fully saturated rings. The van der Waals surface area contributed by atoms with Crippen molar-refractivity contribution in [1.82, 2.24) is 10.6 Å². The molecule has 0 aliphatic heterocycles. The van der Waals surface area contributed by atoms with E-state index in [-0.39, 0.29) is 5.91 Å². The molecule has 0 radical (unpaired) electrons. The van der Waals surface area contributed by atoms with Gasteiger partial charge >= 0.3 is 11.8 Å². The summed E-state index contributed by atoms with van der Waals surface area (Å²) in [5.74, 6) is -1.79. The van der Waals surface area contributed by atoms with Crippen LogP contribution in [-0.4, -0.2) is 24.3 Å². The van der Waals surface area contributed by atoms with Crippen molar-refractivity contribution in [3.63, 3.8) is 0 Å². The predicted octanol–water partition coefficient (Wildman–Crippen LogP) is 3.64. The van der Waals surface area contributed by atoms with Crippen LogP contribution >= 0.6 is 0 Å². The van der Waals surface area contributed by atoms with E-state index in [0.29, 0.717) is 24.3 Å². The molecule has 6 nitrogen and oxygen atoms in total. The topological polar surface area (TPSA) is 87.3 Å². The summed E-state index contributed by atoms with van der Waals surface area (Å²) in [6, 6.07) is 16.2. The molecular weight excluding hydrogens is 366 g/mol. The van der Waals surface area contributed by atoms with Gasteiger partial charge in [-0.05, 0) is 24.1 Å². The normalized spacial score (nSPS) is 10.2. The van der Waals surface area contributed by atoms with Gasteiger partial charge in [-0.2, -0.15) is 0 Å². The quantitative estimate of drug-likeness (QED) is 0.424. The first-order valence-corrected chi connectivity index (χ1v) is 10.1. The van der Waals surface area contributed by atoms with Gasteiger partial charge in [0.15, 0.2) is 0 Å². The molecule has 3 amide bonds. The highest BCUT2D eigenvalue weighted by molar-refractivity contribution is 6.40. The van der Waals surface area contributed by atoms with Crippen LogP contribution < -0.4 is 16.0 Å². The van der Waals surface area contributed by atoms with E-state index in [1.165, 1.54) is 6.42 Å². The summed E-state index contributed by atoms with van der Waals surface area (Å²) >= 11 is 0. The number of unbranched alkanes of at least 4 members (excludes halogenated alkanes) is 4. The minimum absolute atomic E-state index is 0.307. The number of carbonyl (C=O) groups excluding carboxylic acids is 3. The number of hydrogen-bond acceptors (Lipinski definition) is 3. The maximum absolute atomic E-state index is 12.5. The van der Waals surface area contributed by atoms with Gasteiger partial charge in [0.25, 0.3) is 5.91 Å². The van der Waals surface area contributed by atoms with Gasteiger partial charge in [0, 0.05) is 13.1 Å². The monoisotopic (exact) mass is 395 g/mol. The van der Waals surface area contributed by atoms with Crippen LogP contribution in [0.1, 0.15) is 54.9 Å². The van der Waals surface area contributed by atoms with Crippen LogP contribution in [0.15, 0.2) is 54.6 Å². The standard InChI is InChI=1S/C23H29N3O3/c1-2-3-4-5-11-16-24-22(28)23(29)26-20-15-10-9-14-19(20)21(27)25-17-18-12-7-6-8-13-18/h6-10,12-15H,2-5,11,16-17H2,1H3,(H,24,28)(H,25,27)(H,26,29). The number of amides is 3. The lowest BCUT2D eigenvalue weighted by molar-refractivity contribution is -0.136. The summed E-state index contributed by atoms with van der Waals surface area (Å²) < 4.78 is 0. The van der Waals surface area contributed by atoms with E-state index in [2.05, 4.69) is 22.9 Å². The first-order valence-electron chi connectivity index (χ1n) is 10.1. The number of benzene rings is 2. The van der Waals surface area contributed by atoms with Gasteiger partial charge in [0.1, 0.15) is 0 Å². The van der Waals surface area contributed by atoms with E-state index >= 15 is 0 Å². The summed E-state index contributed by atoms with van der Waals surface area (Å²) in [7, 11) is 0. The third-order valence-corrected chi connectivity index (χ3v) is 4.49. The van der Waals surface area contributed by atoms with Crippen molar-refractivity contribution in [2.24, 2.45) is 0 Å². The first kappa shape index (κ1) is 22.1. The zero-order chi connectivity index (χ0) is 20.9. The number of anilines is 1. The molecule has 0 atom stereocenters. The molecule has 0 heterocycles. The smallest absolute Gasteiger partial charge is 0.313 e. The van der Waals surface area contributed by atoms with Crippen molar-refractivity contribution in [3.05, 3.63) is 65.7 Å². The highest BCUT2D eigenvalue weighted by Crippen LogP contribution is 2.15. The molecule has 6 heteroatoms. The molecule has 29 heavy (non-hydrogen) atoms. The summed E-state index contributed by atoms with van der Waals surface area (Å²) in [5, 5.41) is 7.99. The third-order valence-electron chi connectivity index (χ3n) is 4.49. The van der Waals surface area contributed by atoms with Gasteiger partial charge in [-0.3, -0.25) is 14.4 Å². The molecule has 0 saturated carbocycles. The Morgan fingerprint density at radius 2 is 1.45 bits per heavy atom. The van der Waals surface area contributed by atoms with Gasteiger partial charge in [-0.1, -0.05) is 75.1 Å². The Labute approximate surface area is 172 Å². The Bertz CT molecular complexity index is 806. The van der Waals surface area contributed by atoms with Gasteiger partial charge in [-0.15, -0.1) is 0 Å². The van der Waals surface area contributed by atoms with Crippen molar-refractivity contribution in [1.29, 1.82) is 0 Å². The van der Waals surface area contributed by atoms with Crippen molar-refractivity contribution in [3.8, 4) is 0 Å². The predicted molar refractivity (Wildman–Crippen MR) is 114 cm³/mol. The molecule has 0 unspecified atom stereocenters. The van der Waals surface area contributed by atoms with Crippen molar-refractivity contribution >= 4 is 23.4 Å². The Morgan fingerprint density at radius 1 is 0.759 bits per heavy atom. The second-order valence-corrected chi connectivity index (χ2v) is 6.84. The van der Waals surface area contributed by atoms with E-state index in [1.807, 2.05) is 30.3 Å². The van der Waals surface area contributed by atoms with Gasteiger partial charge in [0.05, 0.1) is 11.3 Å². The van der Waals surface area contributed by atoms with Crippen LogP contribution in [-0.2, 0) is 16.1 Å². The van der Waals surface area contributed by atoms with Crippen molar-refractivity contribution in [2.75, 3.05) is 11.9 Å². The molecule has 2 aromatic rings. The van der Waals surface area contributed by atoms with Crippen LogP contribution in [0.25, 0.3) is 0 Å². The Kier molecular flexibility index (Phi) is 9.42.